The van der Waals surface area contributed by atoms with Crippen molar-refractivity contribution >= 4 is 18.3 Å². The first-order valence-corrected chi connectivity index (χ1v) is 5.09. The van der Waals surface area contributed by atoms with E-state index in [1.807, 2.05) is 0 Å². The Morgan fingerprint density at radius 1 is 1.53 bits per heavy atom. The third kappa shape index (κ3) is 3.97. The van der Waals surface area contributed by atoms with Crippen molar-refractivity contribution in [1.29, 1.82) is 0 Å². The van der Waals surface area contributed by atoms with E-state index in [-0.39, 0.29) is 24.4 Å². The molecule has 1 rings (SSSR count). The number of hydrogen-bond acceptors (Lipinski definition) is 3. The molecule has 1 unspecified atom stereocenters. The van der Waals surface area contributed by atoms with Crippen LogP contribution in [0.5, 0.6) is 0 Å². The lowest BCUT2D eigenvalue weighted by Gasteiger charge is -2.20. The minimum absolute atomic E-state index is 0. The fourth-order valence-corrected chi connectivity index (χ4v) is 1.32. The van der Waals surface area contributed by atoms with Crippen LogP contribution in [0.4, 0.5) is 0 Å². The first kappa shape index (κ1) is 14.7. The van der Waals surface area contributed by atoms with Gasteiger partial charge in [-0.2, -0.15) is 0 Å². The Balaban J connectivity index is 0.00000196. The van der Waals surface area contributed by atoms with Crippen LogP contribution in [-0.4, -0.2) is 31.2 Å². The summed E-state index contributed by atoms with van der Waals surface area (Å²) in [7, 11) is 1.66. The smallest absolute Gasteiger partial charge is 0.240 e. The molecule has 0 aromatic heterocycles. The van der Waals surface area contributed by atoms with Gasteiger partial charge in [0.1, 0.15) is 0 Å². The summed E-state index contributed by atoms with van der Waals surface area (Å²) >= 11 is 0. The molecule has 90 valence electrons. The monoisotopic (exact) mass is 236 g/mol. The molecule has 0 bridgehead atoms. The van der Waals surface area contributed by atoms with Gasteiger partial charge in [-0.25, -0.2) is 0 Å². The van der Waals surface area contributed by atoms with Crippen LogP contribution >= 0.6 is 12.4 Å². The molecular weight excluding hydrogens is 216 g/mol. The predicted molar refractivity (Wildman–Crippen MR) is 62.0 cm³/mol. The van der Waals surface area contributed by atoms with E-state index in [4.69, 9.17) is 10.5 Å². The fourth-order valence-electron chi connectivity index (χ4n) is 1.32. The number of amides is 1. The predicted octanol–water partition coefficient (Wildman–Crippen LogP) is 0.687. The third-order valence-electron chi connectivity index (χ3n) is 2.75. The second-order valence-corrected chi connectivity index (χ2v) is 4.38. The van der Waals surface area contributed by atoms with Crippen LogP contribution in [0.3, 0.4) is 0 Å². The van der Waals surface area contributed by atoms with E-state index >= 15 is 0 Å². The number of methoxy groups -OCH3 is 1. The van der Waals surface area contributed by atoms with Gasteiger partial charge in [-0.15, -0.1) is 12.4 Å². The zero-order chi connectivity index (χ0) is 10.8. The summed E-state index contributed by atoms with van der Waals surface area (Å²) in [5.74, 6) is 0.355. The van der Waals surface area contributed by atoms with E-state index in [1.54, 1.807) is 7.11 Å². The lowest BCUT2D eigenvalue weighted by atomic mass is 10.1. The van der Waals surface area contributed by atoms with Gasteiger partial charge in [-0.3, -0.25) is 4.79 Å². The molecule has 0 heterocycles. The molecule has 0 radical (unpaired) electrons. The summed E-state index contributed by atoms with van der Waals surface area (Å²) in [5.41, 5.74) is 5.17. The third-order valence-corrected chi connectivity index (χ3v) is 2.75. The molecule has 1 fully saturated rings. The van der Waals surface area contributed by atoms with Gasteiger partial charge in [0.15, 0.2) is 0 Å². The highest BCUT2D eigenvalue weighted by molar-refractivity contribution is 5.88. The van der Waals surface area contributed by atoms with Gasteiger partial charge in [-0.1, -0.05) is 13.8 Å². The zero-order valence-electron chi connectivity index (χ0n) is 9.58. The molecule has 0 aromatic carbocycles. The van der Waals surface area contributed by atoms with E-state index < -0.39 is 5.54 Å². The van der Waals surface area contributed by atoms with Crippen LogP contribution in [0, 0.1) is 5.92 Å². The van der Waals surface area contributed by atoms with E-state index in [9.17, 15) is 4.79 Å². The maximum Gasteiger partial charge on any atom is 0.240 e. The molecule has 1 aliphatic rings. The number of hydrogen-bond donors (Lipinski definition) is 2. The highest BCUT2D eigenvalue weighted by atomic mass is 35.5. The number of nitrogens with two attached hydrogens (primary N) is 1. The molecule has 0 aliphatic heterocycles. The van der Waals surface area contributed by atoms with Crippen molar-refractivity contribution in [2.45, 2.75) is 38.3 Å². The largest absolute Gasteiger partial charge is 0.379 e. The molecule has 0 spiro atoms. The summed E-state index contributed by atoms with van der Waals surface area (Å²) in [5, 5.41) is 2.83. The van der Waals surface area contributed by atoms with E-state index in [0.29, 0.717) is 12.5 Å². The maximum absolute atomic E-state index is 11.5. The normalized spacial score (nSPS) is 19.3. The number of nitrogens with one attached hydrogen (secondary N) is 1. The van der Waals surface area contributed by atoms with E-state index in [0.717, 1.165) is 12.8 Å². The summed E-state index contributed by atoms with van der Waals surface area (Å²) < 4.78 is 5.24. The van der Waals surface area contributed by atoms with Gasteiger partial charge in [-0.05, 0) is 18.8 Å². The quantitative estimate of drug-likeness (QED) is 0.738. The van der Waals surface area contributed by atoms with Gasteiger partial charge in [0.05, 0.1) is 11.6 Å². The number of halogens is 1. The van der Waals surface area contributed by atoms with Gasteiger partial charge < -0.3 is 15.8 Å². The topological polar surface area (TPSA) is 64.3 Å². The van der Waals surface area contributed by atoms with Gasteiger partial charge in [0.2, 0.25) is 5.91 Å². The molecule has 1 saturated carbocycles. The van der Waals surface area contributed by atoms with Crippen LogP contribution in [0.25, 0.3) is 0 Å². The number of ether oxygens (including phenoxy) is 1. The van der Waals surface area contributed by atoms with Crippen LogP contribution in [-0.2, 0) is 9.53 Å². The average molecular weight is 237 g/mol. The molecule has 0 saturated heterocycles. The summed E-state index contributed by atoms with van der Waals surface area (Å²) in [4.78, 5) is 11.5. The molecule has 1 amide bonds. The van der Waals surface area contributed by atoms with Crippen molar-refractivity contribution < 1.29 is 9.53 Å². The molecular formula is C10H21ClN2O2. The van der Waals surface area contributed by atoms with E-state index in [1.165, 1.54) is 0 Å². The molecule has 15 heavy (non-hydrogen) atoms. The first-order chi connectivity index (χ1) is 6.49. The standard InChI is InChI=1S/C10H20N2O2.ClH/c1-7(2)8(14-3)6-12-9(13)10(11)4-5-10;/h7-8H,4-6,11H2,1-3H3,(H,12,13);1H. The first-order valence-electron chi connectivity index (χ1n) is 5.09. The lowest BCUT2D eigenvalue weighted by molar-refractivity contribution is -0.124. The van der Waals surface area contributed by atoms with Crippen molar-refractivity contribution in [2.24, 2.45) is 11.7 Å². The number of carbonyl (C=O) groups excluding carboxylic acids is 1. The Morgan fingerprint density at radius 2 is 2.07 bits per heavy atom. The molecule has 1 atom stereocenters. The van der Waals surface area contributed by atoms with Crippen LogP contribution in [0.1, 0.15) is 26.7 Å². The Hall–Kier alpha value is -0.320. The molecule has 4 nitrogen and oxygen atoms in total. The van der Waals surface area contributed by atoms with Crippen LogP contribution in [0.15, 0.2) is 0 Å². The van der Waals surface area contributed by atoms with Crippen LogP contribution in [0.2, 0.25) is 0 Å². The summed E-state index contributed by atoms with van der Waals surface area (Å²) in [6.45, 7) is 4.68. The Kier molecular flexibility index (Phi) is 5.56. The van der Waals surface area contributed by atoms with Crippen LogP contribution < -0.4 is 11.1 Å². The van der Waals surface area contributed by atoms with E-state index in [2.05, 4.69) is 19.2 Å². The summed E-state index contributed by atoms with van der Waals surface area (Å²) in [6.07, 6.45) is 1.68. The lowest BCUT2D eigenvalue weighted by Crippen LogP contribution is -2.46. The highest BCUT2D eigenvalue weighted by Gasteiger charge is 2.45. The maximum atomic E-state index is 11.5. The Morgan fingerprint density at radius 3 is 2.40 bits per heavy atom. The van der Waals surface area contributed by atoms with Gasteiger partial charge in [0.25, 0.3) is 0 Å². The van der Waals surface area contributed by atoms with Crippen molar-refractivity contribution in [3.63, 3.8) is 0 Å². The fraction of sp³-hybridized carbons (Fsp3) is 0.900. The van der Waals surface area contributed by atoms with Crippen molar-refractivity contribution in [1.82, 2.24) is 5.32 Å². The Bertz CT molecular complexity index is 217. The van der Waals surface area contributed by atoms with Gasteiger partial charge in [0, 0.05) is 13.7 Å². The second-order valence-electron chi connectivity index (χ2n) is 4.38. The molecule has 0 aromatic rings. The zero-order valence-corrected chi connectivity index (χ0v) is 10.4. The van der Waals surface area contributed by atoms with Crippen molar-refractivity contribution in [2.75, 3.05) is 13.7 Å². The number of carbonyl (C=O) groups is 1. The minimum atomic E-state index is -0.574. The Labute approximate surface area is 97.3 Å². The van der Waals surface area contributed by atoms with Crippen molar-refractivity contribution in [3.8, 4) is 0 Å². The molecule has 1 aliphatic carbocycles. The average Bonchev–Trinajstić information content (AvgIpc) is 2.85. The van der Waals surface area contributed by atoms with Crippen molar-refractivity contribution in [3.05, 3.63) is 0 Å². The number of rotatable bonds is 5. The van der Waals surface area contributed by atoms with Gasteiger partial charge >= 0.3 is 0 Å². The minimum Gasteiger partial charge on any atom is -0.379 e. The second kappa shape index (κ2) is 5.68. The molecule has 3 N–H and O–H groups in total. The molecule has 5 heteroatoms. The SMILES string of the molecule is COC(CNC(=O)C1(N)CC1)C(C)C.Cl. The summed E-state index contributed by atoms with van der Waals surface area (Å²) in [6, 6.07) is 0. The highest BCUT2D eigenvalue weighted by Crippen LogP contribution is 2.32.